The molecule has 1 amide bonds. The van der Waals surface area contributed by atoms with Crippen molar-refractivity contribution >= 4 is 39.8 Å². The van der Waals surface area contributed by atoms with E-state index in [9.17, 15) is 9.00 Å². The molecule has 0 aliphatic carbocycles. The van der Waals surface area contributed by atoms with E-state index in [2.05, 4.69) is 4.98 Å². The van der Waals surface area contributed by atoms with Gasteiger partial charge in [-0.15, -0.1) is 11.3 Å². The van der Waals surface area contributed by atoms with Gasteiger partial charge in [-0.25, -0.2) is 9.78 Å². The molecule has 0 radical (unpaired) electrons. The number of carbonyl (C=O) groups is 1. The number of halogens is 1. The van der Waals surface area contributed by atoms with E-state index < -0.39 is 16.4 Å². The van der Waals surface area contributed by atoms with Gasteiger partial charge in [0.05, 0.1) is 11.0 Å². The lowest BCUT2D eigenvalue weighted by atomic mass is 10.2. The second-order valence-electron chi connectivity index (χ2n) is 5.94. The zero-order chi connectivity index (χ0) is 15.6. The lowest BCUT2D eigenvalue weighted by molar-refractivity contribution is 0.0295. The normalized spacial score (nSPS) is 20.6. The highest BCUT2D eigenvalue weighted by Gasteiger charge is 2.32. The smallest absolute Gasteiger partial charge is 0.410 e. The zero-order valence-corrected chi connectivity index (χ0v) is 14.7. The average molecular weight is 351 g/mol. The molecule has 1 aliphatic rings. The maximum Gasteiger partial charge on any atom is 0.410 e. The first-order valence-corrected chi connectivity index (χ1v) is 9.27. The first-order valence-electron chi connectivity index (χ1n) is 6.70. The van der Waals surface area contributed by atoms with Gasteiger partial charge in [-0.05, 0) is 27.2 Å². The summed E-state index contributed by atoms with van der Waals surface area (Å²) in [6.07, 6.45) is 2.06. The third-order valence-corrected chi connectivity index (χ3v) is 6.00. The summed E-state index contributed by atoms with van der Waals surface area (Å²) >= 11 is 7.11. The Kier molecular flexibility index (Phi) is 5.27. The van der Waals surface area contributed by atoms with Gasteiger partial charge < -0.3 is 9.64 Å². The molecule has 0 saturated carbocycles. The molecule has 2 heterocycles. The number of likely N-dealkylation sites (tertiary alicyclic amines) is 1. The van der Waals surface area contributed by atoms with E-state index in [0.29, 0.717) is 23.3 Å². The number of amides is 1. The van der Waals surface area contributed by atoms with E-state index in [1.54, 1.807) is 11.1 Å². The van der Waals surface area contributed by atoms with Crippen molar-refractivity contribution in [3.8, 4) is 0 Å². The lowest BCUT2D eigenvalue weighted by Crippen LogP contribution is -2.36. The summed E-state index contributed by atoms with van der Waals surface area (Å²) in [5.74, 6) is 0.442. The second kappa shape index (κ2) is 6.62. The Balaban J connectivity index is 1.87. The standard InChI is InChI=1S/C13H19ClN2O3S2/c1-13(2,3)19-12(17)16-5-4-10(7-16)21(18)8-9-6-15-11(14)20-9/h6,10H,4-5,7-8H2,1-3H3/t10-,21+/m0/s1. The van der Waals surface area contributed by atoms with Crippen LogP contribution in [-0.4, -0.2) is 44.1 Å². The number of aromatic nitrogens is 1. The molecule has 1 aromatic rings. The van der Waals surface area contributed by atoms with Gasteiger partial charge in [0.2, 0.25) is 0 Å². The van der Waals surface area contributed by atoms with Gasteiger partial charge in [0.15, 0.2) is 4.47 Å². The minimum Gasteiger partial charge on any atom is -0.444 e. The van der Waals surface area contributed by atoms with Gasteiger partial charge in [-0.1, -0.05) is 11.6 Å². The van der Waals surface area contributed by atoms with Crippen LogP contribution in [0, 0.1) is 0 Å². The zero-order valence-electron chi connectivity index (χ0n) is 12.3. The Morgan fingerprint density at radius 3 is 2.90 bits per heavy atom. The number of hydrogen-bond acceptors (Lipinski definition) is 5. The molecule has 1 aromatic heterocycles. The third kappa shape index (κ3) is 4.93. The Morgan fingerprint density at radius 1 is 1.62 bits per heavy atom. The van der Waals surface area contributed by atoms with Crippen LogP contribution in [0.4, 0.5) is 4.79 Å². The largest absolute Gasteiger partial charge is 0.444 e. The van der Waals surface area contributed by atoms with Crippen molar-refractivity contribution in [3.05, 3.63) is 15.5 Å². The van der Waals surface area contributed by atoms with Crippen LogP contribution in [0.3, 0.4) is 0 Å². The molecule has 2 rings (SSSR count). The fraction of sp³-hybridized carbons (Fsp3) is 0.692. The van der Waals surface area contributed by atoms with Crippen molar-refractivity contribution in [3.63, 3.8) is 0 Å². The van der Waals surface area contributed by atoms with Crippen molar-refractivity contribution in [1.82, 2.24) is 9.88 Å². The summed E-state index contributed by atoms with van der Waals surface area (Å²) in [5.41, 5.74) is -0.506. The quantitative estimate of drug-likeness (QED) is 0.840. The fourth-order valence-corrected chi connectivity index (χ4v) is 4.71. The average Bonchev–Trinajstić information content (AvgIpc) is 2.96. The van der Waals surface area contributed by atoms with Crippen molar-refractivity contribution < 1.29 is 13.7 Å². The van der Waals surface area contributed by atoms with Crippen LogP contribution in [0.1, 0.15) is 32.1 Å². The summed E-state index contributed by atoms with van der Waals surface area (Å²) in [7, 11) is -1.03. The van der Waals surface area contributed by atoms with E-state index in [-0.39, 0.29) is 11.3 Å². The number of ether oxygens (including phenoxy) is 1. The van der Waals surface area contributed by atoms with Crippen LogP contribution in [0.2, 0.25) is 4.47 Å². The molecule has 1 aliphatic heterocycles. The van der Waals surface area contributed by atoms with Gasteiger partial charge in [-0.2, -0.15) is 0 Å². The molecule has 0 unspecified atom stereocenters. The summed E-state index contributed by atoms with van der Waals surface area (Å²) in [6.45, 7) is 6.58. The predicted molar refractivity (Wildman–Crippen MR) is 85.2 cm³/mol. The number of hydrogen-bond donors (Lipinski definition) is 0. The second-order valence-corrected chi connectivity index (χ2v) is 9.36. The highest BCUT2D eigenvalue weighted by atomic mass is 35.5. The Hall–Kier alpha value is -0.660. The monoisotopic (exact) mass is 350 g/mol. The molecule has 1 saturated heterocycles. The summed E-state index contributed by atoms with van der Waals surface area (Å²) in [5, 5.41) is -0.0154. The van der Waals surface area contributed by atoms with Crippen molar-refractivity contribution in [2.75, 3.05) is 13.1 Å². The van der Waals surface area contributed by atoms with Crippen molar-refractivity contribution in [1.29, 1.82) is 0 Å². The summed E-state index contributed by atoms with van der Waals surface area (Å²) in [6, 6.07) is 0. The maximum absolute atomic E-state index is 12.3. The molecule has 21 heavy (non-hydrogen) atoms. The van der Waals surface area contributed by atoms with Crippen LogP contribution < -0.4 is 0 Å². The van der Waals surface area contributed by atoms with Crippen LogP contribution in [0.15, 0.2) is 6.20 Å². The highest BCUT2D eigenvalue weighted by molar-refractivity contribution is 7.85. The van der Waals surface area contributed by atoms with Gasteiger partial charge in [-0.3, -0.25) is 4.21 Å². The van der Waals surface area contributed by atoms with Crippen LogP contribution in [0.25, 0.3) is 0 Å². The Labute approximate surface area is 136 Å². The van der Waals surface area contributed by atoms with Crippen molar-refractivity contribution in [2.45, 2.75) is 43.8 Å². The first kappa shape index (κ1) is 16.7. The minimum absolute atomic E-state index is 0.0154. The van der Waals surface area contributed by atoms with E-state index in [4.69, 9.17) is 16.3 Å². The predicted octanol–water partition coefficient (Wildman–Crippen LogP) is 3.05. The number of rotatable bonds is 3. The molecule has 0 aromatic carbocycles. The lowest BCUT2D eigenvalue weighted by Gasteiger charge is -2.24. The highest BCUT2D eigenvalue weighted by Crippen LogP contribution is 2.23. The molecule has 0 bridgehead atoms. The van der Waals surface area contributed by atoms with E-state index in [1.165, 1.54) is 11.3 Å². The van der Waals surface area contributed by atoms with Crippen LogP contribution in [0.5, 0.6) is 0 Å². The molecule has 0 N–H and O–H groups in total. The van der Waals surface area contributed by atoms with E-state index >= 15 is 0 Å². The Morgan fingerprint density at radius 2 is 2.33 bits per heavy atom. The molecule has 5 nitrogen and oxygen atoms in total. The molecule has 118 valence electrons. The van der Waals surface area contributed by atoms with Gasteiger partial charge in [0.25, 0.3) is 0 Å². The van der Waals surface area contributed by atoms with E-state index in [1.807, 2.05) is 20.8 Å². The molecule has 2 atom stereocenters. The third-order valence-electron chi connectivity index (χ3n) is 2.98. The number of nitrogens with zero attached hydrogens (tertiary/aromatic N) is 2. The first-order chi connectivity index (χ1) is 9.74. The summed E-state index contributed by atoms with van der Waals surface area (Å²) < 4.78 is 18.1. The molecule has 1 fully saturated rings. The fourth-order valence-electron chi connectivity index (χ4n) is 2.04. The Bertz CT molecular complexity index is 542. The molecule has 8 heteroatoms. The molecular formula is C13H19ClN2O3S2. The molecule has 0 spiro atoms. The SMILES string of the molecule is CC(C)(C)OC(=O)N1CC[C@H]([S@](=O)Cc2cnc(Cl)s2)C1. The minimum atomic E-state index is -1.03. The summed E-state index contributed by atoms with van der Waals surface area (Å²) in [4.78, 5) is 18.5. The van der Waals surface area contributed by atoms with Crippen LogP contribution >= 0.6 is 22.9 Å². The van der Waals surface area contributed by atoms with E-state index in [0.717, 1.165) is 11.3 Å². The van der Waals surface area contributed by atoms with Crippen molar-refractivity contribution in [2.24, 2.45) is 0 Å². The van der Waals surface area contributed by atoms with Gasteiger partial charge in [0, 0.05) is 35.0 Å². The number of thiazole rings is 1. The van der Waals surface area contributed by atoms with Gasteiger partial charge >= 0.3 is 6.09 Å². The van der Waals surface area contributed by atoms with Gasteiger partial charge in [0.1, 0.15) is 5.60 Å². The molecular weight excluding hydrogens is 332 g/mol. The van der Waals surface area contributed by atoms with Crippen LogP contribution in [-0.2, 0) is 21.3 Å². The maximum atomic E-state index is 12.3. The number of carbonyl (C=O) groups excluding carboxylic acids is 1. The topological polar surface area (TPSA) is 59.5 Å².